The molecular weight excluding hydrogens is 299 g/mol. The number of nitrogen functional groups attached to an aromatic ring is 1. The van der Waals surface area contributed by atoms with Gasteiger partial charge in [-0.25, -0.2) is 22.0 Å². The number of anilines is 2. The third-order valence-electron chi connectivity index (χ3n) is 2.43. The molecule has 1 aromatic heterocycles. The van der Waals surface area contributed by atoms with Crippen LogP contribution in [0.4, 0.5) is 33.3 Å². The molecule has 0 unspecified atom stereocenters. The lowest BCUT2D eigenvalue weighted by Gasteiger charge is -2.09. The Hall–Kier alpha value is -2.65. The fraction of sp³-hybridized carbons (Fsp3) is 0.0909. The Balaban J connectivity index is 2.25. The molecule has 0 saturated heterocycles. The molecule has 2 aromatic rings. The Labute approximate surface area is 114 Å². The number of carbonyl (C=O) groups excluding carboxylic acids is 1. The molecule has 1 heterocycles. The van der Waals surface area contributed by atoms with Crippen LogP contribution < -0.4 is 11.1 Å². The van der Waals surface area contributed by atoms with Gasteiger partial charge >= 0.3 is 0 Å². The Morgan fingerprint density at radius 3 is 2.10 bits per heavy atom. The van der Waals surface area contributed by atoms with E-state index in [1.165, 1.54) is 12.4 Å². The Morgan fingerprint density at radius 1 is 1.10 bits per heavy atom. The van der Waals surface area contributed by atoms with Gasteiger partial charge in [-0.2, -0.15) is 5.10 Å². The fourth-order valence-electron chi connectivity index (χ4n) is 1.51. The van der Waals surface area contributed by atoms with Gasteiger partial charge in [0.2, 0.25) is 11.7 Å². The molecule has 112 valence electrons. The summed E-state index contributed by atoms with van der Waals surface area (Å²) in [5, 5.41) is 5.23. The lowest BCUT2D eigenvalue weighted by atomic mass is 10.2. The number of rotatable bonds is 3. The largest absolute Gasteiger partial charge is 0.396 e. The van der Waals surface area contributed by atoms with Crippen LogP contribution in [-0.2, 0) is 11.3 Å². The van der Waals surface area contributed by atoms with Gasteiger partial charge in [-0.3, -0.25) is 9.48 Å². The van der Waals surface area contributed by atoms with Crippen LogP contribution in [0.3, 0.4) is 0 Å². The second kappa shape index (κ2) is 5.38. The Kier molecular flexibility index (Phi) is 3.78. The second-order valence-electron chi connectivity index (χ2n) is 3.96. The van der Waals surface area contributed by atoms with Gasteiger partial charge in [-0.1, -0.05) is 0 Å². The number of carbonyl (C=O) groups is 1. The summed E-state index contributed by atoms with van der Waals surface area (Å²) in [6.07, 6.45) is 2.46. The van der Waals surface area contributed by atoms with Crippen LogP contribution >= 0.6 is 0 Å². The highest BCUT2D eigenvalue weighted by Crippen LogP contribution is 2.27. The highest BCUT2D eigenvalue weighted by molar-refractivity contribution is 5.90. The first-order valence-electron chi connectivity index (χ1n) is 5.40. The molecule has 0 aliphatic heterocycles. The Bertz CT molecular complexity index is 686. The van der Waals surface area contributed by atoms with Crippen LogP contribution in [0, 0.1) is 29.1 Å². The average Bonchev–Trinajstić information content (AvgIpc) is 2.84. The van der Waals surface area contributed by atoms with Crippen molar-refractivity contribution in [2.45, 2.75) is 6.54 Å². The van der Waals surface area contributed by atoms with E-state index in [9.17, 15) is 26.7 Å². The van der Waals surface area contributed by atoms with E-state index in [1.54, 1.807) is 5.32 Å². The van der Waals surface area contributed by atoms with Gasteiger partial charge < -0.3 is 11.1 Å². The fourth-order valence-corrected chi connectivity index (χ4v) is 1.51. The monoisotopic (exact) mass is 306 g/mol. The van der Waals surface area contributed by atoms with E-state index >= 15 is 0 Å². The number of benzene rings is 1. The molecule has 0 bridgehead atoms. The SMILES string of the molecule is Nc1cnn(CC(=O)Nc2c(F)c(F)c(F)c(F)c2F)c1. The van der Waals surface area contributed by atoms with E-state index in [1.807, 2.05) is 0 Å². The molecule has 10 heteroatoms. The molecule has 1 aromatic carbocycles. The lowest BCUT2D eigenvalue weighted by molar-refractivity contribution is -0.117. The highest BCUT2D eigenvalue weighted by Gasteiger charge is 2.26. The molecule has 0 aliphatic rings. The molecule has 2 rings (SSSR count). The lowest BCUT2D eigenvalue weighted by Crippen LogP contribution is -2.21. The average molecular weight is 306 g/mol. The van der Waals surface area contributed by atoms with Crippen molar-refractivity contribution in [2.24, 2.45) is 0 Å². The number of halogens is 5. The van der Waals surface area contributed by atoms with Gasteiger partial charge in [0, 0.05) is 6.20 Å². The maximum Gasteiger partial charge on any atom is 0.246 e. The molecule has 5 nitrogen and oxygen atoms in total. The number of aromatic nitrogens is 2. The minimum absolute atomic E-state index is 0.235. The van der Waals surface area contributed by atoms with Gasteiger partial charge in [0.1, 0.15) is 12.2 Å². The van der Waals surface area contributed by atoms with Crippen molar-refractivity contribution in [3.05, 3.63) is 41.5 Å². The van der Waals surface area contributed by atoms with E-state index in [0.29, 0.717) is 0 Å². The second-order valence-corrected chi connectivity index (χ2v) is 3.96. The highest BCUT2D eigenvalue weighted by atomic mass is 19.2. The van der Waals surface area contributed by atoms with Crippen LogP contribution in [0.2, 0.25) is 0 Å². The topological polar surface area (TPSA) is 72.9 Å². The molecule has 1 amide bonds. The minimum Gasteiger partial charge on any atom is -0.396 e. The van der Waals surface area contributed by atoms with Gasteiger partial charge in [-0.05, 0) is 0 Å². The molecule has 0 saturated carbocycles. The van der Waals surface area contributed by atoms with Crippen molar-refractivity contribution in [3.8, 4) is 0 Å². The van der Waals surface area contributed by atoms with Gasteiger partial charge in [0.05, 0.1) is 11.9 Å². The first kappa shape index (κ1) is 14.8. The summed E-state index contributed by atoms with van der Waals surface area (Å²) in [6.45, 7) is -0.517. The smallest absolute Gasteiger partial charge is 0.246 e. The van der Waals surface area contributed by atoms with Crippen molar-refractivity contribution < 1.29 is 26.7 Å². The zero-order valence-corrected chi connectivity index (χ0v) is 10.1. The third kappa shape index (κ3) is 2.78. The number of nitrogens with zero attached hydrogens (tertiary/aromatic N) is 2. The van der Waals surface area contributed by atoms with Crippen molar-refractivity contribution in [3.63, 3.8) is 0 Å². The number of nitrogens with one attached hydrogen (secondary N) is 1. The summed E-state index contributed by atoms with van der Waals surface area (Å²) in [6, 6.07) is 0. The van der Waals surface area contributed by atoms with Crippen molar-refractivity contribution in [2.75, 3.05) is 11.1 Å². The molecule has 21 heavy (non-hydrogen) atoms. The summed E-state index contributed by atoms with van der Waals surface area (Å²) in [4.78, 5) is 11.5. The molecule has 0 aliphatic carbocycles. The maximum atomic E-state index is 13.3. The first-order chi connectivity index (χ1) is 9.81. The molecular formula is C11H7F5N4O. The van der Waals surface area contributed by atoms with Crippen LogP contribution in [0.25, 0.3) is 0 Å². The number of hydrogen-bond donors (Lipinski definition) is 2. The Morgan fingerprint density at radius 2 is 1.62 bits per heavy atom. The maximum absolute atomic E-state index is 13.3. The summed E-state index contributed by atoms with van der Waals surface area (Å²) < 4.78 is 66.4. The normalized spacial score (nSPS) is 10.7. The van der Waals surface area contributed by atoms with Crippen LogP contribution in [0.5, 0.6) is 0 Å². The van der Waals surface area contributed by atoms with Crippen LogP contribution in [0.15, 0.2) is 12.4 Å². The molecule has 0 fully saturated rings. The van der Waals surface area contributed by atoms with E-state index < -0.39 is 47.2 Å². The zero-order chi connectivity index (χ0) is 15.7. The van der Waals surface area contributed by atoms with Crippen LogP contribution in [0.1, 0.15) is 0 Å². The van der Waals surface area contributed by atoms with Crippen molar-refractivity contribution in [1.82, 2.24) is 9.78 Å². The number of hydrogen-bond acceptors (Lipinski definition) is 3. The zero-order valence-electron chi connectivity index (χ0n) is 10.1. The summed E-state index contributed by atoms with van der Waals surface area (Å²) in [5.74, 6) is -11.9. The first-order valence-corrected chi connectivity index (χ1v) is 5.40. The minimum atomic E-state index is -2.30. The van der Waals surface area contributed by atoms with Gasteiger partial charge in [0.15, 0.2) is 23.3 Å². The molecule has 0 spiro atoms. The molecule has 3 N–H and O–H groups in total. The van der Waals surface area contributed by atoms with Crippen LogP contribution in [-0.4, -0.2) is 15.7 Å². The predicted octanol–water partition coefficient (Wildman–Crippen LogP) is 1.80. The third-order valence-corrected chi connectivity index (χ3v) is 2.43. The summed E-state index contributed by atoms with van der Waals surface area (Å²) >= 11 is 0. The van der Waals surface area contributed by atoms with E-state index in [2.05, 4.69) is 5.10 Å². The predicted molar refractivity (Wildman–Crippen MR) is 61.5 cm³/mol. The molecule has 0 atom stereocenters. The van der Waals surface area contributed by atoms with E-state index in [4.69, 9.17) is 5.73 Å². The van der Waals surface area contributed by atoms with E-state index in [-0.39, 0.29) is 5.69 Å². The van der Waals surface area contributed by atoms with Crippen molar-refractivity contribution in [1.29, 1.82) is 0 Å². The standard InChI is InChI=1S/C11H7F5N4O/c12-6-7(13)9(15)11(10(16)8(6)14)19-5(21)3-20-2-4(17)1-18-20/h1-2H,3,17H2,(H,19,21). The summed E-state index contributed by atoms with van der Waals surface area (Å²) in [5.41, 5.74) is 4.15. The van der Waals surface area contributed by atoms with Crippen molar-refractivity contribution >= 4 is 17.3 Å². The molecule has 0 radical (unpaired) electrons. The number of amides is 1. The van der Waals surface area contributed by atoms with E-state index in [0.717, 1.165) is 4.68 Å². The summed E-state index contributed by atoms with van der Waals surface area (Å²) in [7, 11) is 0. The number of nitrogens with two attached hydrogens (primary N) is 1. The van der Waals surface area contributed by atoms with Gasteiger partial charge in [-0.15, -0.1) is 0 Å². The quantitative estimate of drug-likeness (QED) is 0.516. The van der Waals surface area contributed by atoms with Gasteiger partial charge in [0.25, 0.3) is 0 Å².